The first-order valence-electron chi connectivity index (χ1n) is 11.1. The maximum atomic E-state index is 12.4. The van der Waals surface area contributed by atoms with E-state index in [0.717, 1.165) is 43.1 Å². The minimum absolute atomic E-state index is 0.0233. The first-order valence-corrected chi connectivity index (χ1v) is 11.1. The molecule has 166 valence electrons. The van der Waals surface area contributed by atoms with Gasteiger partial charge >= 0.3 is 0 Å². The van der Waals surface area contributed by atoms with E-state index in [2.05, 4.69) is 21.6 Å². The van der Waals surface area contributed by atoms with Crippen molar-refractivity contribution in [3.63, 3.8) is 0 Å². The number of benzene rings is 2. The molecule has 6 heteroatoms. The first-order chi connectivity index (χ1) is 15.0. The molecule has 2 amide bonds. The monoisotopic (exact) mass is 423 g/mol. The van der Waals surface area contributed by atoms with E-state index in [1.807, 2.05) is 49.4 Å². The van der Waals surface area contributed by atoms with Crippen LogP contribution >= 0.6 is 0 Å². The Bertz CT molecular complexity index is 861. The standard InChI is InChI=1S/C25H33N3O3/c1-19(26-24(29)10-5-7-20-11-13-23(31-2)14-12-20)17-25(30)27-21-8-6-9-22(18-21)28-15-3-4-16-28/h6,8-9,11-14,18-19H,3-5,7,10,15-17H2,1-2H3,(H,26,29)(H,27,30). The van der Waals surface area contributed by atoms with Gasteiger partial charge in [0, 0.05) is 43.3 Å². The molecule has 6 nitrogen and oxygen atoms in total. The van der Waals surface area contributed by atoms with Crippen LogP contribution in [0, 0.1) is 0 Å². The third-order valence-electron chi connectivity index (χ3n) is 5.53. The van der Waals surface area contributed by atoms with Gasteiger partial charge in [-0.3, -0.25) is 9.59 Å². The summed E-state index contributed by atoms with van der Waals surface area (Å²) < 4.78 is 5.15. The highest BCUT2D eigenvalue weighted by Gasteiger charge is 2.15. The van der Waals surface area contributed by atoms with Gasteiger partial charge in [-0.2, -0.15) is 0 Å². The fourth-order valence-electron chi connectivity index (χ4n) is 3.89. The maximum Gasteiger partial charge on any atom is 0.226 e. The molecule has 2 aromatic carbocycles. The molecule has 31 heavy (non-hydrogen) atoms. The fraction of sp³-hybridized carbons (Fsp3) is 0.440. The minimum Gasteiger partial charge on any atom is -0.497 e. The second-order valence-electron chi connectivity index (χ2n) is 8.17. The Morgan fingerprint density at radius 2 is 1.81 bits per heavy atom. The summed E-state index contributed by atoms with van der Waals surface area (Å²) in [5, 5.41) is 5.89. The molecule has 1 aliphatic heterocycles. The van der Waals surface area contributed by atoms with E-state index in [1.165, 1.54) is 18.4 Å². The summed E-state index contributed by atoms with van der Waals surface area (Å²) in [4.78, 5) is 26.9. The van der Waals surface area contributed by atoms with Crippen molar-refractivity contribution in [3.05, 3.63) is 54.1 Å². The van der Waals surface area contributed by atoms with Crippen molar-refractivity contribution in [1.29, 1.82) is 0 Å². The molecule has 1 atom stereocenters. The number of hydrogen-bond acceptors (Lipinski definition) is 4. The molecule has 1 heterocycles. The largest absolute Gasteiger partial charge is 0.497 e. The predicted octanol–water partition coefficient (Wildman–Crippen LogP) is 4.15. The maximum absolute atomic E-state index is 12.4. The van der Waals surface area contributed by atoms with Gasteiger partial charge in [-0.15, -0.1) is 0 Å². The van der Waals surface area contributed by atoms with E-state index in [4.69, 9.17) is 4.74 Å². The predicted molar refractivity (Wildman–Crippen MR) is 125 cm³/mol. The smallest absolute Gasteiger partial charge is 0.226 e. The van der Waals surface area contributed by atoms with Gasteiger partial charge in [0.1, 0.15) is 5.75 Å². The van der Waals surface area contributed by atoms with Crippen molar-refractivity contribution < 1.29 is 14.3 Å². The number of carbonyl (C=O) groups is 2. The van der Waals surface area contributed by atoms with Crippen molar-refractivity contribution in [1.82, 2.24) is 5.32 Å². The van der Waals surface area contributed by atoms with E-state index < -0.39 is 0 Å². The van der Waals surface area contributed by atoms with Crippen LogP contribution in [0.25, 0.3) is 0 Å². The number of carbonyl (C=O) groups excluding carboxylic acids is 2. The number of methoxy groups -OCH3 is 1. The van der Waals surface area contributed by atoms with Gasteiger partial charge in [0.15, 0.2) is 0 Å². The number of amides is 2. The number of anilines is 2. The third-order valence-corrected chi connectivity index (χ3v) is 5.53. The Balaban J connectivity index is 1.37. The Morgan fingerprint density at radius 3 is 2.52 bits per heavy atom. The summed E-state index contributed by atoms with van der Waals surface area (Å²) in [5.41, 5.74) is 3.12. The third kappa shape index (κ3) is 7.31. The zero-order chi connectivity index (χ0) is 22.1. The molecular formula is C25H33N3O3. The van der Waals surface area contributed by atoms with Crippen LogP contribution in [0.2, 0.25) is 0 Å². The van der Waals surface area contributed by atoms with Crippen molar-refractivity contribution in [3.8, 4) is 5.75 Å². The van der Waals surface area contributed by atoms with Gasteiger partial charge in [-0.1, -0.05) is 18.2 Å². The van der Waals surface area contributed by atoms with Crippen molar-refractivity contribution in [2.45, 2.75) is 51.5 Å². The summed E-state index contributed by atoms with van der Waals surface area (Å²) in [5.74, 6) is 0.714. The minimum atomic E-state index is -0.213. The van der Waals surface area contributed by atoms with Crippen LogP contribution < -0.4 is 20.3 Å². The molecule has 1 unspecified atom stereocenters. The zero-order valence-electron chi connectivity index (χ0n) is 18.5. The molecule has 2 N–H and O–H groups in total. The Labute approximate surface area is 185 Å². The SMILES string of the molecule is COc1ccc(CCCC(=O)NC(C)CC(=O)Nc2cccc(N3CCCC3)c2)cc1. The molecule has 3 rings (SSSR count). The normalized spacial score (nSPS) is 14.2. The lowest BCUT2D eigenvalue weighted by Gasteiger charge is -2.19. The highest BCUT2D eigenvalue weighted by Crippen LogP contribution is 2.23. The summed E-state index contributed by atoms with van der Waals surface area (Å²) in [7, 11) is 1.65. The van der Waals surface area contributed by atoms with Crippen LogP contribution in [-0.2, 0) is 16.0 Å². The molecule has 0 aromatic heterocycles. The number of nitrogens with one attached hydrogen (secondary N) is 2. The van der Waals surface area contributed by atoms with E-state index in [-0.39, 0.29) is 24.3 Å². The average Bonchev–Trinajstić information content (AvgIpc) is 3.29. The van der Waals surface area contributed by atoms with Crippen LogP contribution in [0.5, 0.6) is 5.75 Å². The molecule has 0 saturated carbocycles. The number of rotatable bonds is 10. The number of ether oxygens (including phenoxy) is 1. The van der Waals surface area contributed by atoms with Crippen LogP contribution in [0.15, 0.2) is 48.5 Å². The summed E-state index contributed by atoms with van der Waals surface area (Å²) in [6.07, 6.45) is 4.72. The van der Waals surface area contributed by atoms with Gasteiger partial charge in [0.25, 0.3) is 0 Å². The highest BCUT2D eigenvalue weighted by atomic mass is 16.5. The quantitative estimate of drug-likeness (QED) is 0.602. The Morgan fingerprint density at radius 1 is 1.06 bits per heavy atom. The lowest BCUT2D eigenvalue weighted by molar-refractivity contribution is -0.122. The van der Waals surface area contributed by atoms with E-state index >= 15 is 0 Å². The lowest BCUT2D eigenvalue weighted by Crippen LogP contribution is -2.35. The van der Waals surface area contributed by atoms with E-state index in [9.17, 15) is 9.59 Å². The Hall–Kier alpha value is -3.02. The van der Waals surface area contributed by atoms with E-state index in [1.54, 1.807) is 7.11 Å². The second kappa shape index (κ2) is 11.4. The number of aryl methyl sites for hydroxylation is 1. The van der Waals surface area contributed by atoms with Crippen molar-refractivity contribution in [2.24, 2.45) is 0 Å². The van der Waals surface area contributed by atoms with Crippen LogP contribution in [0.1, 0.15) is 44.6 Å². The number of hydrogen-bond donors (Lipinski definition) is 2. The van der Waals surface area contributed by atoms with Crippen LogP contribution in [0.4, 0.5) is 11.4 Å². The molecule has 1 aliphatic rings. The van der Waals surface area contributed by atoms with Gasteiger partial charge in [-0.25, -0.2) is 0 Å². The number of nitrogens with zero attached hydrogens (tertiary/aromatic N) is 1. The zero-order valence-corrected chi connectivity index (χ0v) is 18.5. The van der Waals surface area contributed by atoms with Crippen molar-refractivity contribution in [2.75, 3.05) is 30.4 Å². The molecule has 1 saturated heterocycles. The summed E-state index contributed by atoms with van der Waals surface area (Å²) >= 11 is 0. The van der Waals surface area contributed by atoms with Gasteiger partial charge in [-0.05, 0) is 68.5 Å². The second-order valence-corrected chi connectivity index (χ2v) is 8.17. The van der Waals surface area contributed by atoms with E-state index in [0.29, 0.717) is 6.42 Å². The van der Waals surface area contributed by atoms with Crippen LogP contribution in [-0.4, -0.2) is 38.1 Å². The van der Waals surface area contributed by atoms with Gasteiger partial charge in [0.2, 0.25) is 11.8 Å². The summed E-state index contributed by atoms with van der Waals surface area (Å²) in [6.45, 7) is 4.00. The molecule has 2 aromatic rings. The fourth-order valence-corrected chi connectivity index (χ4v) is 3.89. The topological polar surface area (TPSA) is 70.7 Å². The molecule has 0 radical (unpaired) electrons. The molecular weight excluding hydrogens is 390 g/mol. The highest BCUT2D eigenvalue weighted by molar-refractivity contribution is 5.92. The average molecular weight is 424 g/mol. The van der Waals surface area contributed by atoms with Crippen molar-refractivity contribution >= 4 is 23.2 Å². The molecule has 0 spiro atoms. The first kappa shape index (κ1) is 22.7. The summed E-state index contributed by atoms with van der Waals surface area (Å²) in [6, 6.07) is 15.6. The molecule has 0 aliphatic carbocycles. The van der Waals surface area contributed by atoms with Gasteiger partial charge < -0.3 is 20.3 Å². The lowest BCUT2D eigenvalue weighted by atomic mass is 10.1. The molecule has 1 fully saturated rings. The Kier molecular flexibility index (Phi) is 8.33. The van der Waals surface area contributed by atoms with Crippen LogP contribution in [0.3, 0.4) is 0 Å². The molecule has 0 bridgehead atoms. The van der Waals surface area contributed by atoms with Gasteiger partial charge in [0.05, 0.1) is 7.11 Å².